The lowest BCUT2D eigenvalue weighted by Crippen LogP contribution is -2.28. The Balaban J connectivity index is 1.65. The van der Waals surface area contributed by atoms with Gasteiger partial charge in [-0.3, -0.25) is 9.59 Å². The zero-order chi connectivity index (χ0) is 17.1. The standard InChI is InChI=1S/C18H21N3O3/c1-12-17(13(2)21(20-12)15-9-4-3-5-10-15)19-16(22)11-24-18(23)14-7-6-8-14/h3-5,9-10,14H,6-8,11H2,1-2H3,(H,19,22). The summed E-state index contributed by atoms with van der Waals surface area (Å²) >= 11 is 0. The van der Waals surface area contributed by atoms with Gasteiger partial charge >= 0.3 is 5.97 Å². The van der Waals surface area contributed by atoms with Gasteiger partial charge in [0.1, 0.15) is 0 Å². The van der Waals surface area contributed by atoms with Crippen LogP contribution in [0.4, 0.5) is 5.69 Å². The van der Waals surface area contributed by atoms with Gasteiger partial charge in [0.25, 0.3) is 5.91 Å². The van der Waals surface area contributed by atoms with Crippen LogP contribution in [-0.2, 0) is 14.3 Å². The molecule has 1 aliphatic rings. The summed E-state index contributed by atoms with van der Waals surface area (Å²) < 4.78 is 6.86. The molecule has 6 heteroatoms. The van der Waals surface area contributed by atoms with Gasteiger partial charge in [-0.25, -0.2) is 4.68 Å². The van der Waals surface area contributed by atoms with Crippen LogP contribution in [0.3, 0.4) is 0 Å². The minimum atomic E-state index is -0.346. The molecule has 6 nitrogen and oxygen atoms in total. The molecule has 0 atom stereocenters. The van der Waals surface area contributed by atoms with E-state index in [1.807, 2.05) is 44.2 Å². The largest absolute Gasteiger partial charge is 0.455 e. The molecule has 1 aromatic carbocycles. The zero-order valence-corrected chi connectivity index (χ0v) is 13.9. The number of nitrogens with zero attached hydrogens (tertiary/aromatic N) is 2. The maximum absolute atomic E-state index is 12.1. The average Bonchev–Trinajstić information content (AvgIpc) is 2.80. The summed E-state index contributed by atoms with van der Waals surface area (Å²) in [6.45, 7) is 3.47. The topological polar surface area (TPSA) is 73.2 Å². The molecule has 1 saturated carbocycles. The highest BCUT2D eigenvalue weighted by atomic mass is 16.5. The summed E-state index contributed by atoms with van der Waals surface area (Å²) in [4.78, 5) is 23.8. The SMILES string of the molecule is Cc1nn(-c2ccccc2)c(C)c1NC(=O)COC(=O)C1CCC1. The van der Waals surface area contributed by atoms with E-state index in [2.05, 4.69) is 10.4 Å². The second-order valence-corrected chi connectivity index (χ2v) is 6.08. The third-order valence-electron chi connectivity index (χ3n) is 4.34. The number of para-hydroxylation sites is 1. The molecule has 1 fully saturated rings. The fraction of sp³-hybridized carbons (Fsp3) is 0.389. The molecule has 126 valence electrons. The van der Waals surface area contributed by atoms with Gasteiger partial charge in [-0.1, -0.05) is 24.6 Å². The molecule has 0 radical (unpaired) electrons. The van der Waals surface area contributed by atoms with E-state index >= 15 is 0 Å². The first-order valence-corrected chi connectivity index (χ1v) is 8.14. The van der Waals surface area contributed by atoms with E-state index in [4.69, 9.17) is 4.74 Å². The van der Waals surface area contributed by atoms with Crippen molar-refractivity contribution in [2.24, 2.45) is 5.92 Å². The highest BCUT2D eigenvalue weighted by molar-refractivity contribution is 5.94. The second-order valence-electron chi connectivity index (χ2n) is 6.08. The number of ether oxygens (including phenoxy) is 1. The summed E-state index contributed by atoms with van der Waals surface area (Å²) in [5.74, 6) is -0.645. The van der Waals surface area contributed by atoms with Gasteiger partial charge in [0, 0.05) is 0 Å². The van der Waals surface area contributed by atoms with Crippen molar-refractivity contribution >= 4 is 17.6 Å². The number of anilines is 1. The molecule has 1 aliphatic carbocycles. The van der Waals surface area contributed by atoms with Crippen LogP contribution < -0.4 is 5.32 Å². The fourth-order valence-electron chi connectivity index (χ4n) is 2.72. The van der Waals surface area contributed by atoms with Crippen LogP contribution in [0.5, 0.6) is 0 Å². The lowest BCUT2D eigenvalue weighted by Gasteiger charge is -2.22. The van der Waals surface area contributed by atoms with Gasteiger partial charge in [-0.15, -0.1) is 0 Å². The zero-order valence-electron chi connectivity index (χ0n) is 13.9. The predicted molar refractivity (Wildman–Crippen MR) is 90.0 cm³/mol. The van der Waals surface area contributed by atoms with Crippen molar-refractivity contribution in [3.63, 3.8) is 0 Å². The summed E-state index contributed by atoms with van der Waals surface area (Å²) in [5.41, 5.74) is 3.13. The molecule has 0 spiro atoms. The van der Waals surface area contributed by atoms with Crippen LogP contribution in [-0.4, -0.2) is 28.3 Å². The van der Waals surface area contributed by atoms with Crippen molar-refractivity contribution in [3.8, 4) is 5.69 Å². The Labute approximate surface area is 140 Å². The number of carbonyl (C=O) groups excluding carboxylic acids is 2. The maximum atomic E-state index is 12.1. The Morgan fingerprint density at radius 3 is 2.58 bits per heavy atom. The summed E-state index contributed by atoms with van der Waals surface area (Å²) in [6.07, 6.45) is 2.79. The van der Waals surface area contributed by atoms with E-state index in [-0.39, 0.29) is 24.4 Å². The molecular formula is C18H21N3O3. The molecule has 1 amide bonds. The highest BCUT2D eigenvalue weighted by Gasteiger charge is 2.27. The van der Waals surface area contributed by atoms with Gasteiger partial charge in [0.05, 0.1) is 28.7 Å². The van der Waals surface area contributed by atoms with Crippen LogP contribution in [0.1, 0.15) is 30.7 Å². The van der Waals surface area contributed by atoms with Crippen molar-refractivity contribution in [1.29, 1.82) is 0 Å². The molecule has 0 unspecified atom stereocenters. The number of hydrogen-bond donors (Lipinski definition) is 1. The smallest absolute Gasteiger partial charge is 0.309 e. The Bertz CT molecular complexity index is 748. The Hall–Kier alpha value is -2.63. The van der Waals surface area contributed by atoms with Crippen molar-refractivity contribution in [3.05, 3.63) is 41.7 Å². The first kappa shape index (κ1) is 16.2. The Kier molecular flexibility index (Phi) is 4.64. The monoisotopic (exact) mass is 327 g/mol. The normalized spacial score (nSPS) is 14.1. The van der Waals surface area contributed by atoms with Crippen LogP contribution in [0.25, 0.3) is 5.69 Å². The third-order valence-corrected chi connectivity index (χ3v) is 4.34. The number of carbonyl (C=O) groups is 2. The average molecular weight is 327 g/mol. The molecule has 0 saturated heterocycles. The molecule has 0 aliphatic heterocycles. The van der Waals surface area contributed by atoms with E-state index in [1.54, 1.807) is 4.68 Å². The van der Waals surface area contributed by atoms with Gasteiger partial charge in [-0.2, -0.15) is 5.10 Å². The maximum Gasteiger partial charge on any atom is 0.309 e. The number of benzene rings is 1. The number of hydrogen-bond acceptors (Lipinski definition) is 4. The summed E-state index contributed by atoms with van der Waals surface area (Å²) in [6, 6.07) is 9.71. The van der Waals surface area contributed by atoms with E-state index in [9.17, 15) is 9.59 Å². The first-order chi connectivity index (χ1) is 11.6. The van der Waals surface area contributed by atoms with Crippen LogP contribution in [0.15, 0.2) is 30.3 Å². The molecule has 0 bridgehead atoms. The molecule has 2 aromatic rings. The minimum Gasteiger partial charge on any atom is -0.455 e. The van der Waals surface area contributed by atoms with Crippen LogP contribution in [0, 0.1) is 19.8 Å². The quantitative estimate of drug-likeness (QED) is 0.857. The van der Waals surface area contributed by atoms with E-state index in [0.717, 1.165) is 36.3 Å². The van der Waals surface area contributed by atoms with Crippen molar-refractivity contribution < 1.29 is 14.3 Å². The molecule has 3 rings (SSSR count). The second kappa shape index (κ2) is 6.86. The van der Waals surface area contributed by atoms with Crippen molar-refractivity contribution in [2.45, 2.75) is 33.1 Å². The van der Waals surface area contributed by atoms with Crippen molar-refractivity contribution in [1.82, 2.24) is 9.78 Å². The number of esters is 1. The predicted octanol–water partition coefficient (Wildman–Crippen LogP) is 2.77. The van der Waals surface area contributed by atoms with Gasteiger partial charge in [-0.05, 0) is 38.8 Å². The first-order valence-electron chi connectivity index (χ1n) is 8.14. The Morgan fingerprint density at radius 2 is 1.96 bits per heavy atom. The molecule has 1 aromatic heterocycles. The number of aryl methyl sites for hydroxylation is 1. The minimum absolute atomic E-state index is 0.0258. The molecule has 24 heavy (non-hydrogen) atoms. The van der Waals surface area contributed by atoms with Gasteiger partial charge in [0.2, 0.25) is 0 Å². The van der Waals surface area contributed by atoms with Crippen LogP contribution >= 0.6 is 0 Å². The van der Waals surface area contributed by atoms with E-state index in [0.29, 0.717) is 5.69 Å². The lowest BCUT2D eigenvalue weighted by atomic mass is 9.86. The van der Waals surface area contributed by atoms with Gasteiger partial charge in [0.15, 0.2) is 6.61 Å². The van der Waals surface area contributed by atoms with E-state index in [1.165, 1.54) is 0 Å². The Morgan fingerprint density at radius 1 is 1.25 bits per heavy atom. The van der Waals surface area contributed by atoms with Gasteiger partial charge < -0.3 is 10.1 Å². The number of rotatable bonds is 5. The lowest BCUT2D eigenvalue weighted by molar-refractivity contribution is -0.154. The number of amides is 1. The van der Waals surface area contributed by atoms with Crippen molar-refractivity contribution in [2.75, 3.05) is 11.9 Å². The summed E-state index contributed by atoms with van der Waals surface area (Å²) in [7, 11) is 0. The molecule has 1 N–H and O–H groups in total. The molecular weight excluding hydrogens is 306 g/mol. The van der Waals surface area contributed by atoms with Crippen LogP contribution in [0.2, 0.25) is 0 Å². The third kappa shape index (κ3) is 3.32. The summed E-state index contributed by atoms with van der Waals surface area (Å²) in [5, 5.41) is 7.27. The highest BCUT2D eigenvalue weighted by Crippen LogP contribution is 2.27. The van der Waals surface area contributed by atoms with E-state index < -0.39 is 0 Å². The number of nitrogens with one attached hydrogen (secondary N) is 1. The molecule has 1 heterocycles. The number of aromatic nitrogens is 2. The fourth-order valence-corrected chi connectivity index (χ4v) is 2.72.